The van der Waals surface area contributed by atoms with Crippen molar-refractivity contribution in [1.29, 1.82) is 5.26 Å². The summed E-state index contributed by atoms with van der Waals surface area (Å²) in [7, 11) is -3.33. The number of carbonyl (C=O) groups is 1. The van der Waals surface area contributed by atoms with E-state index in [9.17, 15) is 13.2 Å². The molecule has 0 aliphatic rings. The number of aromatic nitrogens is 2. The first-order chi connectivity index (χ1) is 12.3. The van der Waals surface area contributed by atoms with Gasteiger partial charge in [-0.25, -0.2) is 17.9 Å². The average Bonchev–Trinajstić information content (AvgIpc) is 2.57. The van der Waals surface area contributed by atoms with Crippen LogP contribution in [0.1, 0.15) is 16.8 Å². The van der Waals surface area contributed by atoms with Gasteiger partial charge in [-0.2, -0.15) is 5.26 Å². The van der Waals surface area contributed by atoms with E-state index in [2.05, 4.69) is 25.3 Å². The Hall–Kier alpha value is -3.03. The van der Waals surface area contributed by atoms with Crippen molar-refractivity contribution in [3.8, 4) is 6.07 Å². The summed E-state index contributed by atoms with van der Waals surface area (Å²) in [6, 6.07) is 4.68. The fourth-order valence-electron chi connectivity index (χ4n) is 2.09. The average molecular weight is 374 g/mol. The van der Waals surface area contributed by atoms with Crippen LogP contribution >= 0.6 is 0 Å². The monoisotopic (exact) mass is 374 g/mol. The van der Waals surface area contributed by atoms with Gasteiger partial charge in [0.1, 0.15) is 6.07 Å². The molecule has 10 heteroatoms. The van der Waals surface area contributed by atoms with Crippen LogP contribution in [0.2, 0.25) is 0 Å². The third-order valence-corrected chi connectivity index (χ3v) is 4.09. The summed E-state index contributed by atoms with van der Waals surface area (Å²) in [4.78, 5) is 20.3. The highest BCUT2D eigenvalue weighted by Gasteiger charge is 2.11. The zero-order valence-corrected chi connectivity index (χ0v) is 15.1. The Morgan fingerprint density at radius 2 is 2.00 bits per heavy atom. The lowest BCUT2D eigenvalue weighted by Crippen LogP contribution is -2.26. The summed E-state index contributed by atoms with van der Waals surface area (Å²) in [5.74, 6) is 0. The molecule has 0 unspecified atom stereocenters. The number of hydrogen-bond acceptors (Lipinski definition) is 6. The number of sulfonamides is 1. The zero-order chi connectivity index (χ0) is 19.2. The summed E-state index contributed by atoms with van der Waals surface area (Å²) >= 11 is 0. The van der Waals surface area contributed by atoms with Crippen LogP contribution in [-0.2, 0) is 16.4 Å². The molecule has 0 aliphatic heterocycles. The van der Waals surface area contributed by atoms with Crippen LogP contribution in [-0.4, -0.2) is 37.2 Å². The second-order valence-corrected chi connectivity index (χ2v) is 7.35. The third-order valence-electron chi connectivity index (χ3n) is 3.36. The van der Waals surface area contributed by atoms with Crippen LogP contribution in [0.3, 0.4) is 0 Å². The Kier molecular flexibility index (Phi) is 6.21. The number of nitrogens with zero attached hydrogens (tertiary/aromatic N) is 3. The molecule has 0 saturated heterocycles. The van der Waals surface area contributed by atoms with Crippen molar-refractivity contribution in [2.24, 2.45) is 0 Å². The first kappa shape index (κ1) is 19.3. The molecule has 2 aromatic rings. The minimum absolute atomic E-state index is 0.121. The minimum Gasteiger partial charge on any atom is -0.306 e. The molecular formula is C16H18N6O3S. The van der Waals surface area contributed by atoms with E-state index in [-0.39, 0.29) is 18.5 Å². The SMILES string of the molecule is Cc1ccncc1NC(=O)Nc1cc(C#N)cnc1CCNS(C)(=O)=O. The molecule has 2 rings (SSSR count). The van der Waals surface area contributed by atoms with Gasteiger partial charge >= 0.3 is 6.03 Å². The van der Waals surface area contributed by atoms with Crippen molar-refractivity contribution in [2.45, 2.75) is 13.3 Å². The van der Waals surface area contributed by atoms with Gasteiger partial charge < -0.3 is 10.6 Å². The number of nitriles is 1. The van der Waals surface area contributed by atoms with Crippen molar-refractivity contribution in [2.75, 3.05) is 23.4 Å². The molecule has 0 bridgehead atoms. The van der Waals surface area contributed by atoms with Crippen LogP contribution in [0.4, 0.5) is 16.2 Å². The smallest absolute Gasteiger partial charge is 0.306 e. The largest absolute Gasteiger partial charge is 0.323 e. The number of anilines is 2. The molecule has 2 aromatic heterocycles. The number of urea groups is 1. The molecule has 0 aromatic carbocycles. The molecule has 0 saturated carbocycles. The maximum Gasteiger partial charge on any atom is 0.323 e. The van der Waals surface area contributed by atoms with Gasteiger partial charge in [-0.05, 0) is 24.6 Å². The lowest BCUT2D eigenvalue weighted by Gasteiger charge is -2.12. The Morgan fingerprint density at radius 1 is 1.27 bits per heavy atom. The summed E-state index contributed by atoms with van der Waals surface area (Å²) in [5.41, 5.74) is 2.46. The molecule has 0 spiro atoms. The predicted molar refractivity (Wildman–Crippen MR) is 97.1 cm³/mol. The van der Waals surface area contributed by atoms with Crippen molar-refractivity contribution in [3.63, 3.8) is 0 Å². The van der Waals surface area contributed by atoms with Gasteiger partial charge in [-0.1, -0.05) is 0 Å². The van der Waals surface area contributed by atoms with Gasteiger partial charge in [0.05, 0.1) is 35.1 Å². The molecule has 0 atom stereocenters. The van der Waals surface area contributed by atoms with Crippen molar-refractivity contribution >= 4 is 27.4 Å². The molecular weight excluding hydrogens is 356 g/mol. The number of amides is 2. The maximum absolute atomic E-state index is 12.2. The van der Waals surface area contributed by atoms with E-state index in [1.807, 2.05) is 13.0 Å². The predicted octanol–water partition coefficient (Wildman–Crippen LogP) is 1.39. The van der Waals surface area contributed by atoms with Gasteiger partial charge in [-0.15, -0.1) is 0 Å². The second-order valence-electron chi connectivity index (χ2n) is 5.52. The van der Waals surface area contributed by atoms with Gasteiger partial charge in [0, 0.05) is 25.4 Å². The van der Waals surface area contributed by atoms with Crippen molar-refractivity contribution < 1.29 is 13.2 Å². The van der Waals surface area contributed by atoms with Crippen LogP contribution in [0.25, 0.3) is 0 Å². The summed E-state index contributed by atoms with van der Waals surface area (Å²) in [5, 5.41) is 14.3. The highest BCUT2D eigenvalue weighted by atomic mass is 32.2. The summed E-state index contributed by atoms with van der Waals surface area (Å²) in [6.45, 7) is 1.95. The van der Waals surface area contributed by atoms with E-state index in [1.165, 1.54) is 18.5 Å². The highest BCUT2D eigenvalue weighted by Crippen LogP contribution is 2.17. The Balaban J connectivity index is 2.14. The Labute approximate surface area is 151 Å². The number of aryl methyl sites for hydroxylation is 1. The zero-order valence-electron chi connectivity index (χ0n) is 14.3. The molecule has 3 N–H and O–H groups in total. The quantitative estimate of drug-likeness (QED) is 0.699. The van der Waals surface area contributed by atoms with E-state index >= 15 is 0 Å². The van der Waals surface area contributed by atoms with E-state index in [0.29, 0.717) is 17.1 Å². The first-order valence-corrected chi connectivity index (χ1v) is 9.50. The molecule has 9 nitrogen and oxygen atoms in total. The maximum atomic E-state index is 12.2. The highest BCUT2D eigenvalue weighted by molar-refractivity contribution is 7.88. The van der Waals surface area contributed by atoms with Crippen LogP contribution < -0.4 is 15.4 Å². The molecule has 2 amide bonds. The molecule has 2 heterocycles. The summed E-state index contributed by atoms with van der Waals surface area (Å²) in [6.07, 6.45) is 5.81. The lowest BCUT2D eigenvalue weighted by atomic mass is 10.2. The Bertz CT molecular complexity index is 953. The van der Waals surface area contributed by atoms with E-state index in [1.54, 1.807) is 12.3 Å². The minimum atomic E-state index is -3.33. The van der Waals surface area contributed by atoms with Gasteiger partial charge in [0.25, 0.3) is 0 Å². The number of hydrogen-bond donors (Lipinski definition) is 3. The van der Waals surface area contributed by atoms with Crippen molar-refractivity contribution in [3.05, 3.63) is 47.5 Å². The molecule has 0 aliphatic carbocycles. The standard InChI is InChI=1S/C16H18N6O3S/c1-11-3-5-18-10-15(11)22-16(23)21-14-7-12(8-17)9-19-13(14)4-6-20-26(2,24)25/h3,5,7,9-10,20H,4,6H2,1-2H3,(H2,21,22,23). The second kappa shape index (κ2) is 8.37. The molecule has 26 heavy (non-hydrogen) atoms. The fourth-order valence-corrected chi connectivity index (χ4v) is 2.56. The van der Waals surface area contributed by atoms with Crippen LogP contribution in [0.15, 0.2) is 30.7 Å². The summed E-state index contributed by atoms with van der Waals surface area (Å²) < 4.78 is 24.7. The van der Waals surface area contributed by atoms with Crippen LogP contribution in [0.5, 0.6) is 0 Å². The Morgan fingerprint density at radius 3 is 2.65 bits per heavy atom. The number of pyridine rings is 2. The number of nitrogens with one attached hydrogen (secondary N) is 3. The lowest BCUT2D eigenvalue weighted by molar-refractivity contribution is 0.262. The van der Waals surface area contributed by atoms with E-state index in [4.69, 9.17) is 5.26 Å². The van der Waals surface area contributed by atoms with E-state index in [0.717, 1.165) is 11.8 Å². The first-order valence-electron chi connectivity index (χ1n) is 7.61. The third kappa shape index (κ3) is 5.80. The number of rotatable bonds is 6. The van der Waals surface area contributed by atoms with Crippen molar-refractivity contribution in [1.82, 2.24) is 14.7 Å². The van der Waals surface area contributed by atoms with Crippen LogP contribution in [0, 0.1) is 18.3 Å². The molecule has 0 fully saturated rings. The van der Waals surface area contributed by atoms with Gasteiger partial charge in [-0.3, -0.25) is 9.97 Å². The normalized spacial score (nSPS) is 10.8. The topological polar surface area (TPSA) is 137 Å². The van der Waals surface area contributed by atoms with E-state index < -0.39 is 16.1 Å². The van der Waals surface area contributed by atoms with Gasteiger partial charge in [0.15, 0.2) is 0 Å². The fraction of sp³-hybridized carbons (Fsp3) is 0.250. The molecule has 0 radical (unpaired) electrons. The molecule has 136 valence electrons. The number of carbonyl (C=O) groups excluding carboxylic acids is 1. The van der Waals surface area contributed by atoms with Gasteiger partial charge in [0.2, 0.25) is 10.0 Å².